The Morgan fingerprint density at radius 1 is 1.00 bits per heavy atom. The minimum atomic E-state index is -0.237. The fourth-order valence-corrected chi connectivity index (χ4v) is 3.98. The van der Waals surface area contributed by atoms with Gasteiger partial charge in [0.2, 0.25) is 0 Å². The summed E-state index contributed by atoms with van der Waals surface area (Å²) in [7, 11) is -0.179. The van der Waals surface area contributed by atoms with Gasteiger partial charge in [-0.25, -0.2) is 0 Å². The van der Waals surface area contributed by atoms with Crippen LogP contribution in [0, 0.1) is 0 Å². The summed E-state index contributed by atoms with van der Waals surface area (Å²) in [4.78, 5) is 1.56. The number of hydrogen-bond acceptors (Lipinski definition) is 3. The fourth-order valence-electron chi connectivity index (χ4n) is 2.77. The molecule has 2 heterocycles. The average molecular weight is 278 g/mol. The Morgan fingerprint density at radius 3 is 2.32 bits per heavy atom. The molecule has 1 aliphatic heterocycles. The lowest BCUT2D eigenvalue weighted by Gasteiger charge is -2.32. The molecule has 0 aromatic carbocycles. The van der Waals surface area contributed by atoms with Crippen molar-refractivity contribution in [2.45, 2.75) is 71.0 Å². The molecule has 1 fully saturated rings. The van der Waals surface area contributed by atoms with Gasteiger partial charge in [-0.1, -0.05) is 6.42 Å². The second-order valence-corrected chi connectivity index (χ2v) is 7.91. The summed E-state index contributed by atoms with van der Waals surface area (Å²) >= 11 is 1.90. The van der Waals surface area contributed by atoms with Crippen molar-refractivity contribution in [2.24, 2.45) is 0 Å². The highest BCUT2D eigenvalue weighted by molar-refractivity contribution is 7.22. The van der Waals surface area contributed by atoms with E-state index in [9.17, 15) is 0 Å². The highest BCUT2D eigenvalue weighted by Crippen LogP contribution is 2.37. The lowest BCUT2D eigenvalue weighted by molar-refractivity contribution is 0.00578. The molecule has 1 saturated heterocycles. The Bertz CT molecular complexity index is 439. The summed E-state index contributed by atoms with van der Waals surface area (Å²) in [5.74, 6) is 0. The SMILES string of the molecule is CC1(C)OB(c2cc3c(s2)CCCCC3)OC1(C)C. The van der Waals surface area contributed by atoms with Crippen molar-refractivity contribution in [3.63, 3.8) is 0 Å². The van der Waals surface area contributed by atoms with E-state index in [-0.39, 0.29) is 18.3 Å². The van der Waals surface area contributed by atoms with Crippen molar-refractivity contribution in [1.82, 2.24) is 0 Å². The van der Waals surface area contributed by atoms with Crippen LogP contribution in [0.1, 0.15) is 57.4 Å². The minimum absolute atomic E-state index is 0.179. The van der Waals surface area contributed by atoms with E-state index >= 15 is 0 Å². The van der Waals surface area contributed by atoms with Gasteiger partial charge in [0.05, 0.1) is 11.2 Å². The molecule has 3 rings (SSSR count). The zero-order chi connectivity index (χ0) is 13.7. The Morgan fingerprint density at radius 2 is 1.63 bits per heavy atom. The quantitative estimate of drug-likeness (QED) is 0.579. The van der Waals surface area contributed by atoms with Crippen LogP contribution < -0.4 is 4.78 Å². The van der Waals surface area contributed by atoms with E-state index in [0.717, 1.165) is 0 Å². The third kappa shape index (κ3) is 2.39. The molecule has 0 N–H and O–H groups in total. The number of thiophene rings is 1. The largest absolute Gasteiger partial charge is 0.505 e. The van der Waals surface area contributed by atoms with Crippen molar-refractivity contribution >= 4 is 23.2 Å². The molecule has 4 heteroatoms. The third-order valence-electron chi connectivity index (χ3n) is 4.75. The lowest BCUT2D eigenvalue weighted by Crippen LogP contribution is -2.41. The van der Waals surface area contributed by atoms with Crippen molar-refractivity contribution in [3.8, 4) is 0 Å². The first-order valence-electron chi connectivity index (χ1n) is 7.36. The summed E-state index contributed by atoms with van der Waals surface area (Å²) in [6, 6.07) is 2.33. The summed E-state index contributed by atoms with van der Waals surface area (Å²) in [6.07, 6.45) is 6.49. The first-order chi connectivity index (χ1) is 8.89. The average Bonchev–Trinajstić information content (AvgIpc) is 2.70. The highest BCUT2D eigenvalue weighted by atomic mass is 32.1. The fraction of sp³-hybridized carbons (Fsp3) is 0.733. The van der Waals surface area contributed by atoms with Crippen LogP contribution in [0.4, 0.5) is 0 Å². The van der Waals surface area contributed by atoms with Gasteiger partial charge in [0, 0.05) is 9.65 Å². The van der Waals surface area contributed by atoms with Crippen LogP contribution in [0.15, 0.2) is 6.07 Å². The smallest absolute Gasteiger partial charge is 0.399 e. The van der Waals surface area contributed by atoms with Crippen LogP contribution in [-0.2, 0) is 22.2 Å². The van der Waals surface area contributed by atoms with E-state index in [1.807, 2.05) is 11.3 Å². The molecule has 0 spiro atoms. The molecule has 0 amide bonds. The van der Waals surface area contributed by atoms with Gasteiger partial charge in [0.25, 0.3) is 0 Å². The minimum Gasteiger partial charge on any atom is -0.399 e. The number of fused-ring (bicyclic) bond motifs is 1. The first-order valence-corrected chi connectivity index (χ1v) is 8.18. The maximum Gasteiger partial charge on any atom is 0.505 e. The van der Waals surface area contributed by atoms with Crippen LogP contribution in [0.2, 0.25) is 0 Å². The molecule has 1 aromatic heterocycles. The lowest BCUT2D eigenvalue weighted by atomic mass is 9.87. The van der Waals surface area contributed by atoms with Crippen LogP contribution in [-0.4, -0.2) is 18.3 Å². The molecule has 0 saturated carbocycles. The first kappa shape index (κ1) is 13.7. The van der Waals surface area contributed by atoms with Gasteiger partial charge in [-0.2, -0.15) is 0 Å². The Labute approximate surface area is 120 Å². The summed E-state index contributed by atoms with van der Waals surface area (Å²) in [5, 5.41) is 0. The van der Waals surface area contributed by atoms with Crippen molar-refractivity contribution in [3.05, 3.63) is 16.5 Å². The molecular formula is C15H23BO2S. The van der Waals surface area contributed by atoms with E-state index in [0.29, 0.717) is 0 Å². The monoisotopic (exact) mass is 278 g/mol. The Hall–Kier alpha value is -0.315. The molecule has 2 aliphatic rings. The van der Waals surface area contributed by atoms with E-state index in [1.165, 1.54) is 42.4 Å². The van der Waals surface area contributed by atoms with Crippen molar-refractivity contribution in [1.29, 1.82) is 0 Å². The molecule has 19 heavy (non-hydrogen) atoms. The Kier molecular flexibility index (Phi) is 3.31. The molecule has 0 radical (unpaired) electrons. The molecule has 0 atom stereocenters. The van der Waals surface area contributed by atoms with Crippen LogP contribution in [0.25, 0.3) is 0 Å². The van der Waals surface area contributed by atoms with Gasteiger partial charge in [0.15, 0.2) is 0 Å². The highest BCUT2D eigenvalue weighted by Gasteiger charge is 2.52. The van der Waals surface area contributed by atoms with Gasteiger partial charge in [0.1, 0.15) is 0 Å². The second kappa shape index (κ2) is 4.61. The Balaban J connectivity index is 1.85. The van der Waals surface area contributed by atoms with Gasteiger partial charge in [-0.15, -0.1) is 11.3 Å². The third-order valence-corrected chi connectivity index (χ3v) is 6.01. The standard InChI is InChI=1S/C15H23BO2S/c1-14(2)15(3,4)18-16(17-14)13-10-11-8-6-5-7-9-12(11)19-13/h10H,5-9H2,1-4H3. The van der Waals surface area contributed by atoms with Crippen LogP contribution in [0.3, 0.4) is 0 Å². The normalized spacial score (nSPS) is 25.2. The van der Waals surface area contributed by atoms with Crippen LogP contribution >= 0.6 is 11.3 Å². The molecular weight excluding hydrogens is 255 g/mol. The van der Waals surface area contributed by atoms with Crippen molar-refractivity contribution < 1.29 is 9.31 Å². The molecule has 104 valence electrons. The van der Waals surface area contributed by atoms with Gasteiger partial charge in [-0.3, -0.25) is 0 Å². The second-order valence-electron chi connectivity index (χ2n) is 6.75. The van der Waals surface area contributed by atoms with E-state index in [4.69, 9.17) is 9.31 Å². The number of hydrogen-bond donors (Lipinski definition) is 0. The summed E-state index contributed by atoms with van der Waals surface area (Å²) < 4.78 is 13.5. The van der Waals surface area contributed by atoms with Crippen molar-refractivity contribution in [2.75, 3.05) is 0 Å². The predicted octanol–water partition coefficient (Wildman–Crippen LogP) is 3.32. The number of aryl methyl sites for hydroxylation is 2. The maximum absolute atomic E-state index is 6.15. The molecule has 1 aromatic rings. The zero-order valence-electron chi connectivity index (χ0n) is 12.4. The number of rotatable bonds is 1. The molecule has 2 nitrogen and oxygen atoms in total. The zero-order valence-corrected chi connectivity index (χ0v) is 13.2. The maximum atomic E-state index is 6.15. The van der Waals surface area contributed by atoms with E-state index in [1.54, 1.807) is 4.88 Å². The topological polar surface area (TPSA) is 18.5 Å². The van der Waals surface area contributed by atoms with Crippen LogP contribution in [0.5, 0.6) is 0 Å². The van der Waals surface area contributed by atoms with E-state index < -0.39 is 0 Å². The van der Waals surface area contributed by atoms with Gasteiger partial charge < -0.3 is 9.31 Å². The molecule has 0 bridgehead atoms. The molecule has 1 aliphatic carbocycles. The summed E-state index contributed by atoms with van der Waals surface area (Å²) in [5.41, 5.74) is 1.06. The summed E-state index contributed by atoms with van der Waals surface area (Å²) in [6.45, 7) is 8.47. The predicted molar refractivity (Wildman–Crippen MR) is 81.3 cm³/mol. The van der Waals surface area contributed by atoms with E-state index in [2.05, 4.69) is 33.8 Å². The molecule has 0 unspecified atom stereocenters. The van der Waals surface area contributed by atoms with Gasteiger partial charge >= 0.3 is 7.12 Å². The van der Waals surface area contributed by atoms with Gasteiger partial charge in [-0.05, 0) is 65.0 Å².